The van der Waals surface area contributed by atoms with Crippen LogP contribution in [0.5, 0.6) is 0 Å². The average molecular weight is 276 g/mol. The van der Waals surface area contributed by atoms with Crippen LogP contribution in [0.1, 0.15) is 12.7 Å². The molecule has 0 spiro atoms. The molecule has 5 heteroatoms. The molecule has 0 unspecified atom stereocenters. The molecule has 1 aromatic heterocycles. The van der Waals surface area contributed by atoms with Gasteiger partial charge >= 0.3 is 0 Å². The van der Waals surface area contributed by atoms with Gasteiger partial charge in [-0.3, -0.25) is 0 Å². The first-order valence-corrected chi connectivity index (χ1v) is 5.89. The van der Waals surface area contributed by atoms with Crippen LogP contribution in [0.3, 0.4) is 0 Å². The van der Waals surface area contributed by atoms with Gasteiger partial charge in [0.05, 0.1) is 17.2 Å². The van der Waals surface area contributed by atoms with Gasteiger partial charge in [0.25, 0.3) is 0 Å². The molecular weight excluding hydrogens is 265 g/mol. The van der Waals surface area contributed by atoms with Crippen molar-refractivity contribution in [2.45, 2.75) is 6.92 Å². The van der Waals surface area contributed by atoms with Crippen molar-refractivity contribution < 1.29 is 4.39 Å². The lowest BCUT2D eigenvalue weighted by molar-refractivity contribution is 0.686. The first kappa shape index (κ1) is 13.3. The number of hydrogen-bond acceptors (Lipinski definition) is 2. The zero-order chi connectivity index (χ0) is 14.0. The van der Waals surface area contributed by atoms with Crippen molar-refractivity contribution in [1.82, 2.24) is 9.55 Å². The highest BCUT2D eigenvalue weighted by Crippen LogP contribution is 2.24. The SMILES string of the molecule is C#CN=CC(F)=C(C)c1nc2ccc(Cl)cc2n1C. The van der Waals surface area contributed by atoms with Crippen molar-refractivity contribution in [3.63, 3.8) is 0 Å². The molecule has 0 aliphatic rings. The van der Waals surface area contributed by atoms with Crippen LogP contribution < -0.4 is 0 Å². The average Bonchev–Trinajstić information content (AvgIpc) is 2.72. The number of aromatic nitrogens is 2. The van der Waals surface area contributed by atoms with Gasteiger partial charge in [-0.1, -0.05) is 18.0 Å². The zero-order valence-corrected chi connectivity index (χ0v) is 11.2. The zero-order valence-electron chi connectivity index (χ0n) is 10.5. The third-order valence-electron chi connectivity index (χ3n) is 2.79. The largest absolute Gasteiger partial charge is 0.327 e. The smallest absolute Gasteiger partial charge is 0.148 e. The van der Waals surface area contributed by atoms with E-state index in [1.807, 2.05) is 6.04 Å². The summed E-state index contributed by atoms with van der Waals surface area (Å²) in [5, 5.41) is 0.609. The summed E-state index contributed by atoms with van der Waals surface area (Å²) < 4.78 is 15.6. The number of terminal acetylenes is 1. The molecule has 2 aromatic rings. The van der Waals surface area contributed by atoms with Crippen molar-refractivity contribution in [2.24, 2.45) is 12.0 Å². The predicted octanol–water partition coefficient (Wildman–Crippen LogP) is 3.59. The second-order valence-electron chi connectivity index (χ2n) is 3.99. The number of benzene rings is 1. The summed E-state index contributed by atoms with van der Waals surface area (Å²) >= 11 is 5.94. The molecule has 2 rings (SSSR count). The van der Waals surface area contributed by atoms with Gasteiger partial charge in [-0.15, -0.1) is 0 Å². The maximum absolute atomic E-state index is 13.8. The van der Waals surface area contributed by atoms with Gasteiger partial charge in [0.15, 0.2) is 0 Å². The number of aryl methyl sites for hydroxylation is 1. The van der Waals surface area contributed by atoms with Gasteiger partial charge in [0.2, 0.25) is 0 Å². The third kappa shape index (κ3) is 2.51. The molecule has 3 nitrogen and oxygen atoms in total. The minimum Gasteiger partial charge on any atom is -0.327 e. The van der Waals surface area contributed by atoms with Crippen LogP contribution >= 0.6 is 11.6 Å². The molecule has 0 saturated heterocycles. The predicted molar refractivity (Wildman–Crippen MR) is 76.8 cm³/mol. The number of halogens is 2. The highest BCUT2D eigenvalue weighted by atomic mass is 35.5. The molecule has 0 bridgehead atoms. The summed E-state index contributed by atoms with van der Waals surface area (Å²) in [6, 6.07) is 7.33. The summed E-state index contributed by atoms with van der Waals surface area (Å²) in [6.07, 6.45) is 5.95. The highest BCUT2D eigenvalue weighted by molar-refractivity contribution is 6.31. The summed E-state index contributed by atoms with van der Waals surface area (Å²) in [5.74, 6) is 0.000640. The fourth-order valence-electron chi connectivity index (χ4n) is 1.80. The molecule has 96 valence electrons. The number of nitrogens with zero attached hydrogens (tertiary/aromatic N) is 3. The number of imidazole rings is 1. The van der Waals surface area contributed by atoms with E-state index in [4.69, 9.17) is 18.0 Å². The van der Waals surface area contributed by atoms with Crippen LogP contribution in [0.2, 0.25) is 5.02 Å². The molecule has 1 heterocycles. The fourth-order valence-corrected chi connectivity index (χ4v) is 1.96. The molecular formula is C14H11ClFN3. The normalized spacial score (nSPS) is 12.8. The third-order valence-corrected chi connectivity index (χ3v) is 3.02. The van der Waals surface area contributed by atoms with Crippen molar-refractivity contribution >= 4 is 34.4 Å². The lowest BCUT2D eigenvalue weighted by Gasteiger charge is -2.02. The van der Waals surface area contributed by atoms with Gasteiger partial charge in [-0.05, 0) is 25.1 Å². The summed E-state index contributed by atoms with van der Waals surface area (Å²) in [4.78, 5) is 7.80. The maximum atomic E-state index is 13.8. The molecule has 0 saturated carbocycles. The molecule has 0 amide bonds. The Morgan fingerprint density at radius 2 is 2.32 bits per heavy atom. The van der Waals surface area contributed by atoms with E-state index < -0.39 is 5.83 Å². The van der Waals surface area contributed by atoms with Crippen molar-refractivity contribution in [3.8, 4) is 12.5 Å². The van der Waals surface area contributed by atoms with E-state index >= 15 is 0 Å². The summed E-state index contributed by atoms with van der Waals surface area (Å²) in [5.41, 5.74) is 1.96. The quantitative estimate of drug-likeness (QED) is 0.608. The Morgan fingerprint density at radius 3 is 3.00 bits per heavy atom. The van der Waals surface area contributed by atoms with E-state index in [1.165, 1.54) is 0 Å². The molecule has 0 aliphatic heterocycles. The molecule has 0 N–H and O–H groups in total. The van der Waals surface area contributed by atoms with Gasteiger partial charge in [-0.2, -0.15) is 0 Å². The van der Waals surface area contributed by atoms with Crippen LogP contribution in [-0.2, 0) is 7.05 Å². The van der Waals surface area contributed by atoms with Crippen molar-refractivity contribution in [3.05, 3.63) is 34.9 Å². The Kier molecular flexibility index (Phi) is 3.68. The van der Waals surface area contributed by atoms with Crippen LogP contribution in [0, 0.1) is 12.5 Å². The fraction of sp³-hybridized carbons (Fsp3) is 0.143. The lowest BCUT2D eigenvalue weighted by atomic mass is 10.2. The van der Waals surface area contributed by atoms with E-state index in [1.54, 1.807) is 36.7 Å². The molecule has 0 atom stereocenters. The van der Waals surface area contributed by atoms with E-state index in [9.17, 15) is 4.39 Å². The van der Waals surface area contributed by atoms with Gasteiger partial charge in [-0.25, -0.2) is 14.4 Å². The highest BCUT2D eigenvalue weighted by Gasteiger charge is 2.12. The second kappa shape index (κ2) is 5.25. The van der Waals surface area contributed by atoms with Crippen LogP contribution in [-0.4, -0.2) is 15.8 Å². The Bertz CT molecular complexity index is 735. The van der Waals surface area contributed by atoms with E-state index in [0.717, 1.165) is 17.2 Å². The first-order valence-electron chi connectivity index (χ1n) is 5.52. The number of aliphatic imine (C=N–C) groups is 1. The molecule has 0 fully saturated rings. The minimum atomic E-state index is -0.512. The van der Waals surface area contributed by atoms with Gasteiger partial charge in [0.1, 0.15) is 11.7 Å². The van der Waals surface area contributed by atoms with Crippen LogP contribution in [0.4, 0.5) is 4.39 Å². The Hall–Kier alpha value is -2.12. The first-order chi connectivity index (χ1) is 9.04. The lowest BCUT2D eigenvalue weighted by Crippen LogP contribution is -1.97. The molecule has 0 aliphatic carbocycles. The Labute approximate surface area is 115 Å². The maximum Gasteiger partial charge on any atom is 0.148 e. The number of allylic oxidation sites excluding steroid dienone is 2. The van der Waals surface area contributed by atoms with Gasteiger partial charge < -0.3 is 4.57 Å². The van der Waals surface area contributed by atoms with E-state index in [-0.39, 0.29) is 0 Å². The van der Waals surface area contributed by atoms with Gasteiger partial charge in [0, 0.05) is 23.7 Å². The summed E-state index contributed by atoms with van der Waals surface area (Å²) in [6.45, 7) is 1.63. The topological polar surface area (TPSA) is 30.2 Å². The molecule has 0 radical (unpaired) electrons. The molecule has 19 heavy (non-hydrogen) atoms. The Morgan fingerprint density at radius 1 is 1.58 bits per heavy atom. The van der Waals surface area contributed by atoms with Crippen molar-refractivity contribution in [2.75, 3.05) is 0 Å². The standard InChI is InChI=1S/C14H11ClFN3/c1-4-17-8-11(16)9(2)14-18-12-6-5-10(15)7-13(12)19(14)3/h1,5-8H,2-3H3. The van der Waals surface area contributed by atoms with Crippen LogP contribution in [0.15, 0.2) is 29.0 Å². The monoisotopic (exact) mass is 275 g/mol. The molecule has 1 aromatic carbocycles. The number of rotatable bonds is 2. The minimum absolute atomic E-state index is 0.369. The van der Waals surface area contributed by atoms with E-state index in [2.05, 4.69) is 9.98 Å². The van der Waals surface area contributed by atoms with E-state index in [0.29, 0.717) is 16.4 Å². The second-order valence-corrected chi connectivity index (χ2v) is 4.42. The number of fused-ring (bicyclic) bond motifs is 1. The van der Waals surface area contributed by atoms with Crippen LogP contribution in [0.25, 0.3) is 16.6 Å². The Balaban J connectivity index is 2.61. The number of hydrogen-bond donors (Lipinski definition) is 0. The summed E-state index contributed by atoms with van der Waals surface area (Å²) in [7, 11) is 1.80. The van der Waals surface area contributed by atoms with Crippen molar-refractivity contribution in [1.29, 1.82) is 0 Å².